The topological polar surface area (TPSA) is 138 Å². The first-order valence-corrected chi connectivity index (χ1v) is 9.92. The van der Waals surface area contributed by atoms with Gasteiger partial charge in [-0.25, -0.2) is 9.37 Å². The molecule has 2 aromatic heterocycles. The first kappa shape index (κ1) is 23.4. The van der Waals surface area contributed by atoms with Gasteiger partial charge in [-0.15, -0.1) is 0 Å². The van der Waals surface area contributed by atoms with E-state index >= 15 is 0 Å². The van der Waals surface area contributed by atoms with Crippen LogP contribution in [-0.2, 0) is 24.3 Å². The first-order chi connectivity index (χ1) is 16.0. The van der Waals surface area contributed by atoms with Gasteiger partial charge in [0.25, 0.3) is 18.3 Å². The van der Waals surface area contributed by atoms with Crippen LogP contribution in [0.15, 0.2) is 42.6 Å². The molecule has 0 aliphatic carbocycles. The molecule has 0 atom stereocenters. The van der Waals surface area contributed by atoms with Crippen LogP contribution in [0.2, 0.25) is 0 Å². The second-order valence-electron chi connectivity index (χ2n) is 7.01. The number of aromatic nitrogens is 3. The standard InChI is InChI=1S/C21H20FN5O3.CH2O2/c1-30-18-10-14(5-7-23-18)21(29)27-8-6-16-17(12-27)25-26-19(16)20(28)24-11-13-3-2-4-15(22)9-13;2-1-3/h2-5,7,9-10H,6,8,11-12H2,1H3,(H,24,28)(H,25,26);1H,(H,2,3). The fraction of sp³-hybridized carbons (Fsp3) is 0.227. The van der Waals surface area contributed by atoms with E-state index in [1.54, 1.807) is 29.2 Å². The highest BCUT2D eigenvalue weighted by Gasteiger charge is 2.28. The third-order valence-electron chi connectivity index (χ3n) is 4.97. The molecule has 0 fully saturated rings. The maximum absolute atomic E-state index is 13.3. The smallest absolute Gasteiger partial charge is 0.290 e. The molecule has 1 aliphatic heterocycles. The van der Waals surface area contributed by atoms with Gasteiger partial charge in [-0.1, -0.05) is 12.1 Å². The lowest BCUT2D eigenvalue weighted by Crippen LogP contribution is -2.36. The van der Waals surface area contributed by atoms with Gasteiger partial charge in [0.2, 0.25) is 5.88 Å². The highest BCUT2D eigenvalue weighted by molar-refractivity contribution is 5.95. The van der Waals surface area contributed by atoms with E-state index in [9.17, 15) is 14.0 Å². The summed E-state index contributed by atoms with van der Waals surface area (Å²) in [6.07, 6.45) is 2.03. The molecule has 172 valence electrons. The van der Waals surface area contributed by atoms with Crippen LogP contribution in [0.5, 0.6) is 5.88 Å². The van der Waals surface area contributed by atoms with Crippen LogP contribution in [0, 0.1) is 5.82 Å². The summed E-state index contributed by atoms with van der Waals surface area (Å²) in [6.45, 7) is 0.732. The number of hydrogen-bond acceptors (Lipinski definition) is 6. The molecule has 3 N–H and O–H groups in total. The molecule has 0 radical (unpaired) electrons. The lowest BCUT2D eigenvalue weighted by molar-refractivity contribution is -0.122. The number of nitrogens with zero attached hydrogens (tertiary/aromatic N) is 3. The monoisotopic (exact) mass is 455 g/mol. The zero-order valence-corrected chi connectivity index (χ0v) is 17.7. The van der Waals surface area contributed by atoms with Crippen LogP contribution in [0.25, 0.3) is 0 Å². The van der Waals surface area contributed by atoms with Crippen LogP contribution in [-0.4, -0.2) is 57.1 Å². The molecule has 11 heteroatoms. The maximum atomic E-state index is 13.3. The predicted octanol–water partition coefficient (Wildman–Crippen LogP) is 1.78. The van der Waals surface area contributed by atoms with E-state index in [4.69, 9.17) is 14.6 Å². The number of carbonyl (C=O) groups excluding carboxylic acids is 2. The van der Waals surface area contributed by atoms with E-state index < -0.39 is 0 Å². The van der Waals surface area contributed by atoms with Crippen LogP contribution in [0.1, 0.15) is 37.7 Å². The Morgan fingerprint density at radius 1 is 1.33 bits per heavy atom. The molecule has 1 aliphatic rings. The average molecular weight is 455 g/mol. The Labute approximate surface area is 188 Å². The number of pyridine rings is 1. The third kappa shape index (κ3) is 5.70. The van der Waals surface area contributed by atoms with E-state index in [0.29, 0.717) is 42.2 Å². The lowest BCUT2D eigenvalue weighted by atomic mass is 10.0. The molecule has 0 saturated carbocycles. The number of carbonyl (C=O) groups is 3. The number of carboxylic acid groups (broad SMARTS) is 1. The number of amides is 2. The SMILES string of the molecule is COc1cc(C(=O)N2CCc3c(C(=O)NCc4cccc(F)c4)n[nH]c3C2)ccn1.O=CO. The van der Waals surface area contributed by atoms with Gasteiger partial charge >= 0.3 is 0 Å². The second kappa shape index (κ2) is 10.8. The van der Waals surface area contributed by atoms with E-state index in [1.807, 2.05) is 0 Å². The molecule has 0 saturated heterocycles. The van der Waals surface area contributed by atoms with Crippen molar-refractivity contribution in [2.45, 2.75) is 19.5 Å². The highest BCUT2D eigenvalue weighted by atomic mass is 19.1. The normalized spacial score (nSPS) is 12.1. The van der Waals surface area contributed by atoms with Crippen LogP contribution in [0.3, 0.4) is 0 Å². The predicted molar refractivity (Wildman–Crippen MR) is 114 cm³/mol. The maximum Gasteiger partial charge on any atom is 0.290 e. The highest BCUT2D eigenvalue weighted by Crippen LogP contribution is 2.22. The van der Waals surface area contributed by atoms with Gasteiger partial charge < -0.3 is 20.1 Å². The summed E-state index contributed by atoms with van der Waals surface area (Å²) in [7, 11) is 1.50. The zero-order chi connectivity index (χ0) is 23.8. The summed E-state index contributed by atoms with van der Waals surface area (Å²) in [6, 6.07) is 9.29. The Hall–Kier alpha value is -4.28. The van der Waals surface area contributed by atoms with E-state index in [0.717, 1.165) is 11.3 Å². The summed E-state index contributed by atoms with van der Waals surface area (Å²) in [5.74, 6) is -0.462. The summed E-state index contributed by atoms with van der Waals surface area (Å²) in [5.41, 5.74) is 2.98. The quantitative estimate of drug-likeness (QED) is 0.499. The summed E-state index contributed by atoms with van der Waals surface area (Å²) >= 11 is 0. The van der Waals surface area contributed by atoms with Crippen LogP contribution in [0.4, 0.5) is 4.39 Å². The minimum absolute atomic E-state index is 0.145. The van der Waals surface area contributed by atoms with Crippen LogP contribution >= 0.6 is 0 Å². The number of methoxy groups -OCH3 is 1. The molecule has 3 heterocycles. The number of H-pyrrole nitrogens is 1. The average Bonchev–Trinajstić information content (AvgIpc) is 3.26. The Balaban J connectivity index is 0.000000968. The number of hydrogen-bond donors (Lipinski definition) is 3. The Bertz CT molecular complexity index is 1150. The van der Waals surface area contributed by atoms with E-state index in [2.05, 4.69) is 20.5 Å². The third-order valence-corrected chi connectivity index (χ3v) is 4.97. The molecular formula is C22H22FN5O5. The van der Waals surface area contributed by atoms with Crippen molar-refractivity contribution >= 4 is 18.3 Å². The van der Waals surface area contributed by atoms with Crippen molar-refractivity contribution < 1.29 is 28.6 Å². The molecule has 3 aromatic rings. The fourth-order valence-electron chi connectivity index (χ4n) is 3.43. The summed E-state index contributed by atoms with van der Waals surface area (Å²) in [4.78, 5) is 39.4. The van der Waals surface area contributed by atoms with Gasteiger partial charge in [0, 0.05) is 36.5 Å². The van der Waals surface area contributed by atoms with Crippen molar-refractivity contribution in [2.75, 3.05) is 13.7 Å². The van der Waals surface area contributed by atoms with Crippen molar-refractivity contribution in [3.8, 4) is 5.88 Å². The minimum atomic E-state index is -0.351. The van der Waals surface area contributed by atoms with Crippen molar-refractivity contribution in [1.82, 2.24) is 25.4 Å². The van der Waals surface area contributed by atoms with E-state index in [-0.39, 0.29) is 30.6 Å². The van der Waals surface area contributed by atoms with Gasteiger partial charge in [0.05, 0.1) is 19.3 Å². The summed E-state index contributed by atoms with van der Waals surface area (Å²) < 4.78 is 18.4. The largest absolute Gasteiger partial charge is 0.483 e. The van der Waals surface area contributed by atoms with Gasteiger partial charge in [-0.2, -0.15) is 5.10 Å². The lowest BCUT2D eigenvalue weighted by Gasteiger charge is -2.27. The Kier molecular flexibility index (Phi) is 7.68. The van der Waals surface area contributed by atoms with Crippen molar-refractivity contribution in [3.63, 3.8) is 0 Å². The molecule has 0 spiro atoms. The molecule has 4 rings (SSSR count). The number of rotatable bonds is 5. The fourth-order valence-corrected chi connectivity index (χ4v) is 3.43. The molecule has 1 aromatic carbocycles. The molecular weight excluding hydrogens is 433 g/mol. The summed E-state index contributed by atoms with van der Waals surface area (Å²) in [5, 5.41) is 16.7. The Morgan fingerprint density at radius 3 is 2.85 bits per heavy atom. The molecule has 10 nitrogen and oxygen atoms in total. The number of halogens is 1. The van der Waals surface area contributed by atoms with Gasteiger partial charge in [-0.3, -0.25) is 19.5 Å². The van der Waals surface area contributed by atoms with Crippen molar-refractivity contribution in [2.24, 2.45) is 0 Å². The zero-order valence-electron chi connectivity index (χ0n) is 17.7. The Morgan fingerprint density at radius 2 is 2.12 bits per heavy atom. The number of benzene rings is 1. The minimum Gasteiger partial charge on any atom is -0.483 e. The van der Waals surface area contributed by atoms with Gasteiger partial charge in [0.1, 0.15) is 5.82 Å². The molecule has 33 heavy (non-hydrogen) atoms. The van der Waals surface area contributed by atoms with Crippen molar-refractivity contribution in [3.05, 3.63) is 76.5 Å². The van der Waals surface area contributed by atoms with Gasteiger partial charge in [-0.05, 0) is 30.2 Å². The number of ether oxygens (including phenoxy) is 1. The molecule has 2 amide bonds. The molecule has 0 unspecified atom stereocenters. The number of fused-ring (bicyclic) bond motifs is 1. The number of aromatic amines is 1. The van der Waals surface area contributed by atoms with Gasteiger partial charge in [0.15, 0.2) is 5.69 Å². The molecule has 0 bridgehead atoms. The van der Waals surface area contributed by atoms with Crippen molar-refractivity contribution in [1.29, 1.82) is 0 Å². The number of nitrogens with one attached hydrogen (secondary N) is 2. The van der Waals surface area contributed by atoms with E-state index in [1.165, 1.54) is 25.4 Å². The second-order valence-corrected chi connectivity index (χ2v) is 7.01. The van der Waals surface area contributed by atoms with Crippen LogP contribution < -0.4 is 10.1 Å². The first-order valence-electron chi connectivity index (χ1n) is 9.92.